The Morgan fingerprint density at radius 1 is 1.56 bits per heavy atom. The number of aliphatic hydroxyl groups is 1. The maximum atomic E-state index is 13.4. The van der Waals surface area contributed by atoms with Crippen molar-refractivity contribution in [2.75, 3.05) is 13.7 Å². The number of hydrogen-bond donors (Lipinski definition) is 2. The highest BCUT2D eigenvalue weighted by atomic mass is 19.1. The smallest absolute Gasteiger partial charge is 0.251 e. The number of methoxy groups -OCH3 is 1. The molecule has 0 aliphatic carbocycles. The van der Waals surface area contributed by atoms with Crippen LogP contribution in [-0.4, -0.2) is 30.8 Å². The van der Waals surface area contributed by atoms with E-state index in [2.05, 4.69) is 5.32 Å². The van der Waals surface area contributed by atoms with Crippen LogP contribution >= 0.6 is 0 Å². The first-order valence-corrected chi connectivity index (χ1v) is 5.77. The van der Waals surface area contributed by atoms with Gasteiger partial charge in [0.05, 0.1) is 6.61 Å². The molecule has 1 unspecified atom stereocenters. The number of aliphatic hydroxyl groups excluding tert-OH is 1. The number of carbonyl (C=O) groups excluding carboxylic acids is 1. The van der Waals surface area contributed by atoms with E-state index in [4.69, 9.17) is 9.84 Å². The first kappa shape index (κ1) is 14.6. The predicted octanol–water partition coefficient (Wildman–Crippen LogP) is 1.47. The zero-order valence-corrected chi connectivity index (χ0v) is 10.6. The van der Waals surface area contributed by atoms with Gasteiger partial charge in [0.2, 0.25) is 0 Å². The molecule has 0 aliphatic rings. The quantitative estimate of drug-likeness (QED) is 0.809. The van der Waals surface area contributed by atoms with E-state index in [1.807, 2.05) is 0 Å². The lowest BCUT2D eigenvalue weighted by Crippen LogP contribution is -2.33. The molecule has 0 saturated heterocycles. The van der Waals surface area contributed by atoms with Crippen LogP contribution in [-0.2, 0) is 11.3 Å². The summed E-state index contributed by atoms with van der Waals surface area (Å²) in [5.41, 5.74) is 0.730. The largest absolute Gasteiger partial charge is 0.396 e. The van der Waals surface area contributed by atoms with Gasteiger partial charge < -0.3 is 15.2 Å². The van der Waals surface area contributed by atoms with Crippen LogP contribution in [0.5, 0.6) is 0 Å². The highest BCUT2D eigenvalue weighted by molar-refractivity contribution is 5.94. The lowest BCUT2D eigenvalue weighted by molar-refractivity contribution is 0.0934. The minimum Gasteiger partial charge on any atom is -0.396 e. The summed E-state index contributed by atoms with van der Waals surface area (Å²) in [6.45, 7) is 1.94. The fourth-order valence-corrected chi connectivity index (χ4v) is 1.56. The Labute approximate surface area is 106 Å². The molecule has 2 N–H and O–H groups in total. The zero-order valence-electron chi connectivity index (χ0n) is 10.6. The molecule has 1 rings (SSSR count). The minimum atomic E-state index is -0.392. The first-order chi connectivity index (χ1) is 8.58. The van der Waals surface area contributed by atoms with Gasteiger partial charge in [0, 0.05) is 30.9 Å². The topological polar surface area (TPSA) is 58.6 Å². The van der Waals surface area contributed by atoms with Crippen molar-refractivity contribution in [2.45, 2.75) is 26.0 Å². The molecule has 0 saturated carbocycles. The Morgan fingerprint density at radius 3 is 2.89 bits per heavy atom. The molecule has 0 fully saturated rings. The standard InChI is InChI=1S/C13H18FNO3/c1-9(5-6-16)15-13(17)10-3-4-12(14)11(7-10)8-18-2/h3-4,7,9,16H,5-6,8H2,1-2H3,(H,15,17). The second-order valence-corrected chi connectivity index (χ2v) is 4.13. The lowest BCUT2D eigenvalue weighted by Gasteiger charge is -2.13. The Morgan fingerprint density at radius 2 is 2.28 bits per heavy atom. The van der Waals surface area contributed by atoms with Crippen molar-refractivity contribution < 1.29 is 19.0 Å². The highest BCUT2D eigenvalue weighted by Gasteiger charge is 2.12. The van der Waals surface area contributed by atoms with Gasteiger partial charge >= 0.3 is 0 Å². The second kappa shape index (κ2) is 7.08. The molecule has 0 spiro atoms. The molecule has 18 heavy (non-hydrogen) atoms. The number of carbonyl (C=O) groups is 1. The number of amides is 1. The number of benzene rings is 1. The van der Waals surface area contributed by atoms with Gasteiger partial charge in [-0.05, 0) is 31.5 Å². The van der Waals surface area contributed by atoms with Gasteiger partial charge in [-0.2, -0.15) is 0 Å². The summed E-state index contributed by atoms with van der Waals surface area (Å²) in [4.78, 5) is 11.8. The van der Waals surface area contributed by atoms with Crippen LogP contribution in [0.2, 0.25) is 0 Å². The maximum absolute atomic E-state index is 13.4. The fraction of sp³-hybridized carbons (Fsp3) is 0.462. The van der Waals surface area contributed by atoms with Crippen molar-refractivity contribution in [3.8, 4) is 0 Å². The Balaban J connectivity index is 2.76. The van der Waals surface area contributed by atoms with Crippen molar-refractivity contribution in [3.05, 3.63) is 35.1 Å². The van der Waals surface area contributed by atoms with Crippen molar-refractivity contribution in [1.82, 2.24) is 5.32 Å². The molecule has 0 aliphatic heterocycles. The third kappa shape index (κ3) is 4.09. The molecule has 0 radical (unpaired) electrons. The van der Waals surface area contributed by atoms with Crippen molar-refractivity contribution in [2.24, 2.45) is 0 Å². The molecule has 0 bridgehead atoms. The molecule has 0 heterocycles. The number of hydrogen-bond acceptors (Lipinski definition) is 3. The van der Waals surface area contributed by atoms with Crippen molar-refractivity contribution >= 4 is 5.91 Å². The average Bonchev–Trinajstić information content (AvgIpc) is 2.32. The zero-order chi connectivity index (χ0) is 13.5. The van der Waals surface area contributed by atoms with E-state index in [1.54, 1.807) is 6.92 Å². The number of rotatable bonds is 6. The summed E-state index contributed by atoms with van der Waals surface area (Å²) >= 11 is 0. The van der Waals surface area contributed by atoms with E-state index >= 15 is 0 Å². The number of ether oxygens (including phenoxy) is 1. The third-order valence-corrected chi connectivity index (χ3v) is 2.55. The van der Waals surface area contributed by atoms with E-state index < -0.39 is 5.82 Å². The predicted molar refractivity (Wildman–Crippen MR) is 65.7 cm³/mol. The molecule has 100 valence electrons. The van der Waals surface area contributed by atoms with Gasteiger partial charge in [0.1, 0.15) is 5.82 Å². The van der Waals surface area contributed by atoms with Crippen LogP contribution in [0.25, 0.3) is 0 Å². The van der Waals surface area contributed by atoms with Crippen molar-refractivity contribution in [1.29, 1.82) is 0 Å². The van der Waals surface area contributed by atoms with Crippen LogP contribution in [0, 0.1) is 5.82 Å². The highest BCUT2D eigenvalue weighted by Crippen LogP contribution is 2.12. The Kier molecular flexibility index (Phi) is 5.74. The third-order valence-electron chi connectivity index (χ3n) is 2.55. The summed E-state index contributed by atoms with van der Waals surface area (Å²) in [5.74, 6) is -0.676. The van der Waals surface area contributed by atoms with Gasteiger partial charge in [-0.25, -0.2) is 4.39 Å². The van der Waals surface area contributed by atoms with Crippen molar-refractivity contribution in [3.63, 3.8) is 0 Å². The Hall–Kier alpha value is -1.46. The molecular formula is C13H18FNO3. The normalized spacial score (nSPS) is 12.2. The molecule has 5 heteroatoms. The van der Waals surface area contributed by atoms with Gasteiger partial charge in [-0.1, -0.05) is 0 Å². The maximum Gasteiger partial charge on any atom is 0.251 e. The fourth-order valence-electron chi connectivity index (χ4n) is 1.56. The van der Waals surface area contributed by atoms with E-state index in [0.717, 1.165) is 0 Å². The number of halogens is 1. The van der Waals surface area contributed by atoms with Crippen LogP contribution in [0.15, 0.2) is 18.2 Å². The summed E-state index contributed by atoms with van der Waals surface area (Å²) in [7, 11) is 1.47. The Bertz CT molecular complexity index is 409. The van der Waals surface area contributed by atoms with Crippen LogP contribution in [0.4, 0.5) is 4.39 Å². The van der Waals surface area contributed by atoms with Gasteiger partial charge in [-0.3, -0.25) is 4.79 Å². The van der Waals surface area contributed by atoms with Crippen LogP contribution < -0.4 is 5.32 Å². The SMILES string of the molecule is COCc1cc(C(=O)NC(C)CCO)ccc1F. The summed E-state index contributed by atoms with van der Waals surface area (Å²) in [6.07, 6.45) is 0.484. The molecule has 4 nitrogen and oxygen atoms in total. The van der Waals surface area contributed by atoms with Gasteiger partial charge in [0.15, 0.2) is 0 Å². The molecule has 1 aromatic rings. The molecular weight excluding hydrogens is 237 g/mol. The van der Waals surface area contributed by atoms with Gasteiger partial charge in [0.25, 0.3) is 5.91 Å². The van der Waals surface area contributed by atoms with E-state index in [1.165, 1.54) is 25.3 Å². The van der Waals surface area contributed by atoms with E-state index in [9.17, 15) is 9.18 Å². The summed E-state index contributed by atoms with van der Waals surface area (Å²) in [6, 6.07) is 4.02. The molecule has 0 aromatic heterocycles. The molecule has 1 amide bonds. The first-order valence-electron chi connectivity index (χ1n) is 5.77. The van der Waals surface area contributed by atoms with Crippen LogP contribution in [0.3, 0.4) is 0 Å². The van der Waals surface area contributed by atoms with E-state index in [0.29, 0.717) is 17.5 Å². The second-order valence-electron chi connectivity index (χ2n) is 4.13. The average molecular weight is 255 g/mol. The molecule has 1 aromatic carbocycles. The lowest BCUT2D eigenvalue weighted by atomic mass is 10.1. The van der Waals surface area contributed by atoms with Crippen LogP contribution in [0.1, 0.15) is 29.3 Å². The minimum absolute atomic E-state index is 0.0137. The molecule has 1 atom stereocenters. The summed E-state index contributed by atoms with van der Waals surface area (Å²) in [5, 5.41) is 11.5. The number of nitrogens with one attached hydrogen (secondary N) is 1. The van der Waals surface area contributed by atoms with Gasteiger partial charge in [-0.15, -0.1) is 0 Å². The monoisotopic (exact) mass is 255 g/mol. The summed E-state index contributed by atoms with van der Waals surface area (Å²) < 4.78 is 18.2. The van der Waals surface area contributed by atoms with E-state index in [-0.39, 0.29) is 25.2 Å².